The number of nitrogens with zero attached hydrogens (tertiary/aromatic N) is 1. The monoisotopic (exact) mass is 337 g/mol. The number of allylic oxidation sites excluding steroid dienone is 3. The molecule has 2 heterocycles. The van der Waals surface area contributed by atoms with Crippen LogP contribution in [0.4, 0.5) is 0 Å². The van der Waals surface area contributed by atoms with E-state index in [1.807, 2.05) is 7.11 Å². The minimum absolute atomic E-state index is 0.498. The number of ether oxygens (including phenoxy) is 1. The van der Waals surface area contributed by atoms with Crippen LogP contribution in [0.3, 0.4) is 0 Å². The first-order valence-corrected chi connectivity index (χ1v) is 10.3. The van der Waals surface area contributed by atoms with E-state index in [1.165, 1.54) is 68.3 Å². The average molecular weight is 338 g/mol. The lowest BCUT2D eigenvalue weighted by Gasteiger charge is -2.30. The first kappa shape index (κ1) is 15.8. The van der Waals surface area contributed by atoms with Crippen molar-refractivity contribution in [3.63, 3.8) is 0 Å². The van der Waals surface area contributed by atoms with Crippen molar-refractivity contribution in [3.05, 3.63) is 48.0 Å². The van der Waals surface area contributed by atoms with Crippen LogP contribution in [0.2, 0.25) is 0 Å². The molecule has 3 aliphatic carbocycles. The fourth-order valence-corrected chi connectivity index (χ4v) is 5.57. The summed E-state index contributed by atoms with van der Waals surface area (Å²) in [4.78, 5) is 2.38. The van der Waals surface area contributed by atoms with Crippen LogP contribution in [0.5, 0.6) is 0 Å². The van der Waals surface area contributed by atoms with Gasteiger partial charge in [-0.2, -0.15) is 0 Å². The van der Waals surface area contributed by atoms with Crippen molar-refractivity contribution in [3.8, 4) is 0 Å². The second-order valence-electron chi connectivity index (χ2n) is 8.94. The maximum Gasteiger partial charge on any atom is 0.0955 e. The van der Waals surface area contributed by atoms with Crippen LogP contribution < -0.4 is 0 Å². The van der Waals surface area contributed by atoms with Crippen LogP contribution in [0.25, 0.3) is 0 Å². The second-order valence-corrected chi connectivity index (χ2v) is 8.94. The molecule has 0 spiro atoms. The summed E-state index contributed by atoms with van der Waals surface area (Å²) in [5.41, 5.74) is 2.80. The van der Waals surface area contributed by atoms with Crippen molar-refractivity contribution in [1.82, 2.24) is 4.90 Å². The molecule has 25 heavy (non-hydrogen) atoms. The van der Waals surface area contributed by atoms with Gasteiger partial charge in [-0.3, -0.25) is 0 Å². The van der Waals surface area contributed by atoms with Gasteiger partial charge >= 0.3 is 0 Å². The summed E-state index contributed by atoms with van der Waals surface area (Å²) in [6.07, 6.45) is 20.2. The largest absolute Gasteiger partial charge is 0.501 e. The fraction of sp³-hybridized carbons (Fsp3) is 0.652. The Morgan fingerprint density at radius 2 is 2.08 bits per heavy atom. The maximum absolute atomic E-state index is 5.89. The highest BCUT2D eigenvalue weighted by molar-refractivity contribution is 5.44. The lowest BCUT2D eigenvalue weighted by atomic mass is 9.78. The highest BCUT2D eigenvalue weighted by atomic mass is 16.5. The van der Waals surface area contributed by atoms with Gasteiger partial charge in [-0.05, 0) is 73.5 Å². The summed E-state index contributed by atoms with van der Waals surface area (Å²) >= 11 is 0. The third kappa shape index (κ3) is 2.88. The van der Waals surface area contributed by atoms with Gasteiger partial charge in [0.05, 0.1) is 18.9 Å². The van der Waals surface area contributed by atoms with Crippen molar-refractivity contribution in [2.45, 2.75) is 57.4 Å². The van der Waals surface area contributed by atoms with Crippen molar-refractivity contribution in [2.24, 2.45) is 29.6 Å². The van der Waals surface area contributed by atoms with Crippen LogP contribution in [-0.2, 0) is 4.74 Å². The van der Waals surface area contributed by atoms with Gasteiger partial charge in [0.2, 0.25) is 0 Å². The molecule has 2 aliphatic heterocycles. The topological polar surface area (TPSA) is 12.5 Å². The molecule has 2 saturated carbocycles. The van der Waals surface area contributed by atoms with Crippen molar-refractivity contribution in [1.29, 1.82) is 0 Å². The van der Waals surface area contributed by atoms with Gasteiger partial charge in [0, 0.05) is 24.2 Å². The molecule has 5 rings (SSSR count). The first-order chi connectivity index (χ1) is 12.2. The third-order valence-corrected chi connectivity index (χ3v) is 7.29. The minimum Gasteiger partial charge on any atom is -0.501 e. The molecule has 5 atom stereocenters. The Labute approximate surface area is 152 Å². The fourth-order valence-electron chi connectivity index (χ4n) is 5.57. The quantitative estimate of drug-likeness (QED) is 0.665. The first-order valence-electron chi connectivity index (χ1n) is 10.3. The van der Waals surface area contributed by atoms with Crippen LogP contribution in [0.1, 0.15) is 51.4 Å². The molecule has 0 aromatic carbocycles. The summed E-state index contributed by atoms with van der Waals surface area (Å²) in [7, 11) is 1.88. The van der Waals surface area contributed by atoms with Gasteiger partial charge in [-0.25, -0.2) is 0 Å². The average Bonchev–Trinajstić information content (AvgIpc) is 3.57. The van der Waals surface area contributed by atoms with E-state index in [4.69, 9.17) is 4.74 Å². The van der Waals surface area contributed by atoms with E-state index < -0.39 is 0 Å². The molecular weight excluding hydrogens is 306 g/mol. The lowest BCUT2D eigenvalue weighted by molar-refractivity contribution is 0.199. The van der Waals surface area contributed by atoms with E-state index in [1.54, 1.807) is 0 Å². The molecule has 2 unspecified atom stereocenters. The Hall–Kier alpha value is -1.44. The molecular formula is C23H31NO. The SMILES string of the molecule is C=C1C(C2C=C(OC)C([C@H]3C[C@H]3CC3CC3)CC2)=CN2C=CCC[C@@H]12. The molecule has 0 amide bonds. The molecule has 0 aromatic heterocycles. The van der Waals surface area contributed by atoms with Crippen molar-refractivity contribution >= 4 is 0 Å². The summed E-state index contributed by atoms with van der Waals surface area (Å²) in [6.45, 7) is 4.45. The smallest absolute Gasteiger partial charge is 0.0955 e. The zero-order chi connectivity index (χ0) is 17.0. The van der Waals surface area contributed by atoms with E-state index in [2.05, 4.69) is 36.0 Å². The van der Waals surface area contributed by atoms with Crippen LogP contribution in [0, 0.1) is 29.6 Å². The third-order valence-electron chi connectivity index (χ3n) is 7.29. The van der Waals surface area contributed by atoms with Crippen LogP contribution in [0.15, 0.2) is 48.0 Å². The molecule has 2 heteroatoms. The summed E-state index contributed by atoms with van der Waals surface area (Å²) in [5.74, 6) is 5.42. The number of methoxy groups -OCH3 is 1. The lowest BCUT2D eigenvalue weighted by Crippen LogP contribution is -2.25. The van der Waals surface area contributed by atoms with Gasteiger partial charge in [0.15, 0.2) is 0 Å². The summed E-state index contributed by atoms with van der Waals surface area (Å²) in [6, 6.07) is 0.503. The molecule has 2 fully saturated rings. The Morgan fingerprint density at radius 1 is 1.20 bits per heavy atom. The van der Waals surface area contributed by atoms with Crippen LogP contribution >= 0.6 is 0 Å². The zero-order valence-corrected chi connectivity index (χ0v) is 15.5. The maximum atomic E-state index is 5.89. The predicted molar refractivity (Wildman–Crippen MR) is 101 cm³/mol. The standard InChI is InChI=1S/C23H31NO/c1-15-21(14-24-10-4-3-5-22(15)24)17-8-9-19(23(13-17)25-2)20-12-18(20)11-16-6-7-16/h4,10,13-14,16-20,22H,1,3,5-9,11-12H2,2H3/t17?,18-,19?,20+,22+/m1/s1. The molecule has 0 N–H and O–H groups in total. The molecule has 0 aromatic rings. The molecule has 2 nitrogen and oxygen atoms in total. The number of fused-ring (bicyclic) bond motifs is 1. The molecule has 134 valence electrons. The van der Waals surface area contributed by atoms with E-state index in [-0.39, 0.29) is 0 Å². The summed E-state index contributed by atoms with van der Waals surface area (Å²) in [5, 5.41) is 0. The Morgan fingerprint density at radius 3 is 2.84 bits per heavy atom. The van der Waals surface area contributed by atoms with Crippen LogP contribution in [-0.4, -0.2) is 18.1 Å². The normalized spacial score (nSPS) is 39.8. The van der Waals surface area contributed by atoms with E-state index >= 15 is 0 Å². The Bertz CT molecular complexity index is 653. The summed E-state index contributed by atoms with van der Waals surface area (Å²) < 4.78 is 5.89. The van der Waals surface area contributed by atoms with Gasteiger partial charge in [0.25, 0.3) is 0 Å². The minimum atomic E-state index is 0.498. The van der Waals surface area contributed by atoms with Gasteiger partial charge in [0.1, 0.15) is 0 Å². The van der Waals surface area contributed by atoms with E-state index in [9.17, 15) is 0 Å². The molecule has 5 aliphatic rings. The zero-order valence-electron chi connectivity index (χ0n) is 15.5. The van der Waals surface area contributed by atoms with E-state index in [0.29, 0.717) is 17.9 Å². The molecule has 0 bridgehead atoms. The highest BCUT2D eigenvalue weighted by Crippen LogP contribution is 2.56. The van der Waals surface area contributed by atoms with Gasteiger partial charge in [-0.1, -0.05) is 25.5 Å². The van der Waals surface area contributed by atoms with Crippen molar-refractivity contribution in [2.75, 3.05) is 7.11 Å². The second kappa shape index (κ2) is 6.07. The number of hydrogen-bond acceptors (Lipinski definition) is 2. The van der Waals surface area contributed by atoms with Gasteiger partial charge < -0.3 is 9.64 Å². The number of rotatable bonds is 5. The Balaban J connectivity index is 1.30. The van der Waals surface area contributed by atoms with E-state index in [0.717, 1.165) is 17.8 Å². The van der Waals surface area contributed by atoms with Crippen molar-refractivity contribution < 1.29 is 4.74 Å². The molecule has 0 saturated heterocycles. The Kier molecular flexibility index (Phi) is 3.83. The number of hydrogen-bond donors (Lipinski definition) is 0. The predicted octanol–water partition coefficient (Wildman–Crippen LogP) is 5.41. The molecule has 0 radical (unpaired) electrons. The highest BCUT2D eigenvalue weighted by Gasteiger charge is 2.48. The van der Waals surface area contributed by atoms with Gasteiger partial charge in [-0.15, -0.1) is 0 Å².